The summed E-state index contributed by atoms with van der Waals surface area (Å²) in [6.45, 7) is 1.89. The highest BCUT2D eigenvalue weighted by molar-refractivity contribution is 8.18. The third-order valence-corrected chi connectivity index (χ3v) is 5.68. The first-order valence-corrected chi connectivity index (χ1v) is 9.97. The fraction of sp³-hybridized carbons (Fsp3) is 0.0476. The van der Waals surface area contributed by atoms with Crippen LogP contribution >= 0.6 is 35.0 Å². The molecule has 28 heavy (non-hydrogen) atoms. The largest absolute Gasteiger partial charge is 0.457 e. The van der Waals surface area contributed by atoms with Gasteiger partial charge in [-0.1, -0.05) is 41.4 Å². The van der Waals surface area contributed by atoms with Crippen LogP contribution in [-0.2, 0) is 4.79 Å². The van der Waals surface area contributed by atoms with Gasteiger partial charge in [-0.05, 0) is 60.6 Å². The highest BCUT2D eigenvalue weighted by atomic mass is 35.5. The SMILES string of the molecule is Cc1c(Cl)cccc1N=C1NC(=O)/C(=C\c2ccc(-c3cccc(Cl)c3)o2)S1. The lowest BCUT2D eigenvalue weighted by molar-refractivity contribution is -0.115. The van der Waals surface area contributed by atoms with E-state index in [0.29, 0.717) is 31.6 Å². The molecule has 0 spiro atoms. The average molecular weight is 429 g/mol. The lowest BCUT2D eigenvalue weighted by Crippen LogP contribution is -2.19. The molecular weight excluding hydrogens is 415 g/mol. The molecule has 0 saturated carbocycles. The Bertz CT molecular complexity index is 1130. The van der Waals surface area contributed by atoms with Crippen molar-refractivity contribution in [1.82, 2.24) is 5.32 Å². The van der Waals surface area contributed by atoms with Crippen LogP contribution < -0.4 is 5.32 Å². The highest BCUT2D eigenvalue weighted by Crippen LogP contribution is 2.32. The third-order valence-electron chi connectivity index (χ3n) is 4.12. The zero-order valence-corrected chi connectivity index (χ0v) is 17.0. The third kappa shape index (κ3) is 4.02. The van der Waals surface area contributed by atoms with Crippen LogP contribution in [-0.4, -0.2) is 11.1 Å². The molecule has 140 valence electrons. The van der Waals surface area contributed by atoms with Crippen LogP contribution in [0.15, 0.2) is 68.9 Å². The number of carbonyl (C=O) groups is 1. The number of carbonyl (C=O) groups excluding carboxylic acids is 1. The molecule has 1 N–H and O–H groups in total. The molecule has 0 atom stereocenters. The van der Waals surface area contributed by atoms with Gasteiger partial charge in [-0.25, -0.2) is 4.99 Å². The number of hydrogen-bond donors (Lipinski definition) is 1. The van der Waals surface area contributed by atoms with E-state index in [1.807, 2.05) is 49.4 Å². The van der Waals surface area contributed by atoms with Crippen molar-refractivity contribution >= 4 is 57.8 Å². The molecule has 1 amide bonds. The summed E-state index contributed by atoms with van der Waals surface area (Å²) in [5.41, 5.74) is 2.46. The summed E-state index contributed by atoms with van der Waals surface area (Å²) in [5, 5.41) is 4.54. The van der Waals surface area contributed by atoms with Crippen molar-refractivity contribution in [3.8, 4) is 11.3 Å². The van der Waals surface area contributed by atoms with E-state index >= 15 is 0 Å². The first kappa shape index (κ1) is 18.9. The van der Waals surface area contributed by atoms with Gasteiger partial charge < -0.3 is 9.73 Å². The number of benzene rings is 2. The van der Waals surface area contributed by atoms with E-state index in [1.165, 1.54) is 11.8 Å². The van der Waals surface area contributed by atoms with E-state index in [9.17, 15) is 4.79 Å². The molecule has 1 aromatic heterocycles. The van der Waals surface area contributed by atoms with Crippen LogP contribution in [0.4, 0.5) is 5.69 Å². The molecule has 0 bridgehead atoms. The molecule has 1 aliphatic rings. The van der Waals surface area contributed by atoms with E-state index in [2.05, 4.69) is 10.3 Å². The summed E-state index contributed by atoms with van der Waals surface area (Å²) in [6, 6.07) is 16.6. The Hall–Kier alpha value is -2.47. The summed E-state index contributed by atoms with van der Waals surface area (Å²) < 4.78 is 5.84. The lowest BCUT2D eigenvalue weighted by Gasteiger charge is -2.02. The second kappa shape index (κ2) is 7.87. The fourth-order valence-corrected chi connectivity index (χ4v) is 3.84. The summed E-state index contributed by atoms with van der Waals surface area (Å²) >= 11 is 13.4. The predicted molar refractivity (Wildman–Crippen MR) is 116 cm³/mol. The molecule has 4 rings (SSSR count). The molecule has 2 aromatic carbocycles. The number of furan rings is 1. The number of hydrogen-bond acceptors (Lipinski definition) is 4. The standard InChI is InChI=1S/C21H14Cl2N2O2S/c1-12-16(23)6-3-7-17(12)24-21-25-20(26)19(28-21)11-15-8-9-18(27-15)13-4-2-5-14(22)10-13/h2-11H,1H3,(H,24,25,26)/b19-11+. The maximum absolute atomic E-state index is 12.3. The Balaban J connectivity index is 1.57. The van der Waals surface area contributed by atoms with Gasteiger partial charge in [0.15, 0.2) is 5.17 Å². The number of halogens is 2. The summed E-state index contributed by atoms with van der Waals surface area (Å²) in [7, 11) is 0. The van der Waals surface area contributed by atoms with Crippen molar-refractivity contribution in [3.63, 3.8) is 0 Å². The Morgan fingerprint density at radius 3 is 2.75 bits per heavy atom. The average Bonchev–Trinajstić information content (AvgIpc) is 3.26. The number of aliphatic imine (C=N–C) groups is 1. The van der Waals surface area contributed by atoms with Gasteiger partial charge in [-0.15, -0.1) is 0 Å². The van der Waals surface area contributed by atoms with Crippen molar-refractivity contribution in [1.29, 1.82) is 0 Å². The Morgan fingerprint density at radius 2 is 1.93 bits per heavy atom. The van der Waals surface area contributed by atoms with Crippen LogP contribution in [0.25, 0.3) is 17.4 Å². The molecule has 0 unspecified atom stereocenters. The Morgan fingerprint density at radius 1 is 1.11 bits per heavy atom. The maximum Gasteiger partial charge on any atom is 0.264 e. The van der Waals surface area contributed by atoms with E-state index in [1.54, 1.807) is 18.2 Å². The summed E-state index contributed by atoms with van der Waals surface area (Å²) in [5.74, 6) is 1.04. The van der Waals surface area contributed by atoms with Crippen molar-refractivity contribution in [2.24, 2.45) is 4.99 Å². The van der Waals surface area contributed by atoms with Crippen LogP contribution in [0, 0.1) is 6.92 Å². The quantitative estimate of drug-likeness (QED) is 0.487. The van der Waals surface area contributed by atoms with Gasteiger partial charge in [0, 0.05) is 21.7 Å². The number of thioether (sulfide) groups is 1. The molecule has 2 heterocycles. The zero-order chi connectivity index (χ0) is 19.7. The number of amidine groups is 1. The van der Waals surface area contributed by atoms with E-state index in [-0.39, 0.29) is 5.91 Å². The molecule has 0 aliphatic carbocycles. The molecule has 7 heteroatoms. The van der Waals surface area contributed by atoms with E-state index < -0.39 is 0 Å². The topological polar surface area (TPSA) is 54.6 Å². The van der Waals surface area contributed by atoms with Gasteiger partial charge in [-0.3, -0.25) is 4.79 Å². The summed E-state index contributed by atoms with van der Waals surface area (Å²) in [4.78, 5) is 17.3. The van der Waals surface area contributed by atoms with Crippen LogP contribution in [0.1, 0.15) is 11.3 Å². The second-order valence-electron chi connectivity index (χ2n) is 6.08. The Labute approximate surface area is 176 Å². The van der Waals surface area contributed by atoms with Crippen molar-refractivity contribution in [3.05, 3.63) is 80.9 Å². The number of amides is 1. The zero-order valence-electron chi connectivity index (χ0n) is 14.7. The molecule has 1 saturated heterocycles. The molecule has 0 radical (unpaired) electrons. The second-order valence-corrected chi connectivity index (χ2v) is 7.95. The molecular formula is C21H14Cl2N2O2S. The number of nitrogens with zero attached hydrogens (tertiary/aromatic N) is 1. The smallest absolute Gasteiger partial charge is 0.264 e. The van der Waals surface area contributed by atoms with Gasteiger partial charge in [-0.2, -0.15) is 0 Å². The van der Waals surface area contributed by atoms with Crippen molar-refractivity contribution < 1.29 is 9.21 Å². The van der Waals surface area contributed by atoms with Gasteiger partial charge in [0.1, 0.15) is 11.5 Å². The molecule has 3 aromatic rings. The van der Waals surface area contributed by atoms with Gasteiger partial charge in [0.05, 0.1) is 10.6 Å². The van der Waals surface area contributed by atoms with Gasteiger partial charge >= 0.3 is 0 Å². The fourth-order valence-electron chi connectivity index (χ4n) is 2.66. The summed E-state index contributed by atoms with van der Waals surface area (Å²) in [6.07, 6.45) is 1.70. The molecule has 1 fully saturated rings. The first-order chi connectivity index (χ1) is 13.5. The lowest BCUT2D eigenvalue weighted by atomic mass is 10.2. The maximum atomic E-state index is 12.3. The van der Waals surface area contributed by atoms with Gasteiger partial charge in [0.2, 0.25) is 0 Å². The minimum Gasteiger partial charge on any atom is -0.457 e. The van der Waals surface area contributed by atoms with Gasteiger partial charge in [0.25, 0.3) is 5.91 Å². The monoisotopic (exact) mass is 428 g/mol. The van der Waals surface area contributed by atoms with E-state index in [4.69, 9.17) is 27.6 Å². The minimum atomic E-state index is -0.218. The van der Waals surface area contributed by atoms with Crippen LogP contribution in [0.5, 0.6) is 0 Å². The first-order valence-electron chi connectivity index (χ1n) is 8.40. The molecule has 4 nitrogen and oxygen atoms in total. The van der Waals surface area contributed by atoms with E-state index in [0.717, 1.165) is 16.8 Å². The molecule has 1 aliphatic heterocycles. The highest BCUT2D eigenvalue weighted by Gasteiger charge is 2.24. The van der Waals surface area contributed by atoms with Crippen molar-refractivity contribution in [2.45, 2.75) is 6.92 Å². The van der Waals surface area contributed by atoms with Crippen molar-refractivity contribution in [2.75, 3.05) is 0 Å². The van der Waals surface area contributed by atoms with Crippen LogP contribution in [0.2, 0.25) is 10.0 Å². The Kier molecular flexibility index (Phi) is 5.31. The predicted octanol–water partition coefficient (Wildman–Crippen LogP) is 6.45. The minimum absolute atomic E-state index is 0.218. The normalized spacial score (nSPS) is 16.8. The van der Waals surface area contributed by atoms with Crippen LogP contribution in [0.3, 0.4) is 0 Å². The number of nitrogens with one attached hydrogen (secondary N) is 1. The number of rotatable bonds is 3.